The van der Waals surface area contributed by atoms with Crippen molar-refractivity contribution in [2.24, 2.45) is 0 Å². The number of halogens is 1. The molecular weight excluding hydrogens is 244 g/mol. The molecule has 0 unspecified atom stereocenters. The lowest BCUT2D eigenvalue weighted by atomic mass is 10.5. The van der Waals surface area contributed by atoms with Gasteiger partial charge in [-0.3, -0.25) is 0 Å². The molecule has 7 nitrogen and oxygen atoms in total. The van der Waals surface area contributed by atoms with Crippen LogP contribution in [0.3, 0.4) is 0 Å². The molecule has 90 valence electrons. The van der Waals surface area contributed by atoms with Crippen LogP contribution in [0.2, 0.25) is 5.02 Å². The smallest absolute Gasteiger partial charge is 0.323 e. The Bertz CT molecular complexity index is 521. The lowest BCUT2D eigenvalue weighted by Crippen LogP contribution is -2.09. The molecule has 0 aliphatic carbocycles. The van der Waals surface area contributed by atoms with Gasteiger partial charge in [-0.1, -0.05) is 11.6 Å². The molecule has 2 heterocycles. The van der Waals surface area contributed by atoms with Crippen LogP contribution in [0.4, 0.5) is 5.95 Å². The van der Waals surface area contributed by atoms with Crippen LogP contribution in [0.25, 0.3) is 5.95 Å². The lowest BCUT2D eigenvalue weighted by Gasteiger charge is -2.04. The Labute approximate surface area is 103 Å². The summed E-state index contributed by atoms with van der Waals surface area (Å²) in [6.45, 7) is 4.06. The van der Waals surface area contributed by atoms with Gasteiger partial charge in [0.2, 0.25) is 5.95 Å². The van der Waals surface area contributed by atoms with Crippen LogP contribution in [0.1, 0.15) is 12.6 Å². The van der Waals surface area contributed by atoms with Crippen LogP contribution >= 0.6 is 11.6 Å². The van der Waals surface area contributed by atoms with E-state index in [0.29, 0.717) is 17.3 Å². The Kier molecular flexibility index (Phi) is 3.10. The number of aryl methyl sites for hydroxylation is 1. The van der Waals surface area contributed by atoms with E-state index in [9.17, 15) is 0 Å². The van der Waals surface area contributed by atoms with Crippen LogP contribution in [0.5, 0.6) is 6.01 Å². The molecule has 2 aromatic rings. The Balaban J connectivity index is 2.44. The summed E-state index contributed by atoms with van der Waals surface area (Å²) in [5, 5.41) is 4.67. The van der Waals surface area contributed by atoms with E-state index < -0.39 is 0 Å². The average molecular weight is 255 g/mol. The van der Waals surface area contributed by atoms with Gasteiger partial charge in [-0.2, -0.15) is 20.1 Å². The monoisotopic (exact) mass is 254 g/mol. The van der Waals surface area contributed by atoms with Crippen LogP contribution < -0.4 is 10.5 Å². The minimum atomic E-state index is 0.0720. The fraction of sp³-hybridized carbons (Fsp3) is 0.333. The molecule has 0 aromatic carbocycles. The zero-order valence-corrected chi connectivity index (χ0v) is 10.1. The van der Waals surface area contributed by atoms with Crippen molar-refractivity contribution in [3.8, 4) is 12.0 Å². The second kappa shape index (κ2) is 4.54. The van der Waals surface area contributed by atoms with E-state index in [-0.39, 0.29) is 17.9 Å². The van der Waals surface area contributed by atoms with Crippen LogP contribution in [0, 0.1) is 6.92 Å². The number of hydrogen-bond acceptors (Lipinski definition) is 6. The van der Waals surface area contributed by atoms with E-state index in [1.54, 1.807) is 13.1 Å². The molecule has 0 fully saturated rings. The van der Waals surface area contributed by atoms with E-state index in [4.69, 9.17) is 22.1 Å². The number of nitrogen functional groups attached to an aromatic ring is 1. The molecule has 8 heteroatoms. The highest BCUT2D eigenvalue weighted by Crippen LogP contribution is 2.15. The van der Waals surface area contributed by atoms with E-state index in [1.165, 1.54) is 4.68 Å². The average Bonchev–Trinajstić information content (AvgIpc) is 2.59. The summed E-state index contributed by atoms with van der Waals surface area (Å²) in [5.41, 5.74) is 6.24. The molecule has 2 rings (SSSR count). The molecule has 17 heavy (non-hydrogen) atoms. The van der Waals surface area contributed by atoms with Gasteiger partial charge in [0.05, 0.1) is 23.5 Å². The van der Waals surface area contributed by atoms with Crippen LogP contribution in [-0.4, -0.2) is 31.3 Å². The van der Waals surface area contributed by atoms with Gasteiger partial charge >= 0.3 is 6.01 Å². The van der Waals surface area contributed by atoms with Crippen molar-refractivity contribution < 1.29 is 4.74 Å². The maximum Gasteiger partial charge on any atom is 0.323 e. The molecule has 0 aliphatic heterocycles. The highest BCUT2D eigenvalue weighted by atomic mass is 35.5. The standard InChI is InChI=1S/C9H11ClN6O/c1-3-17-9-13-7(11)12-8(14-9)16-4-6(10)5(2)15-16/h4H,3H2,1-2H3,(H2,11,12,13,14). The topological polar surface area (TPSA) is 91.7 Å². The lowest BCUT2D eigenvalue weighted by molar-refractivity contribution is 0.311. The molecule has 0 spiro atoms. The van der Waals surface area contributed by atoms with E-state index in [1.807, 2.05) is 6.92 Å². The molecule has 0 amide bonds. The van der Waals surface area contributed by atoms with Crippen molar-refractivity contribution in [3.63, 3.8) is 0 Å². The highest BCUT2D eigenvalue weighted by Gasteiger charge is 2.10. The molecular formula is C9H11ClN6O. The molecule has 0 bridgehead atoms. The largest absolute Gasteiger partial charge is 0.464 e. The van der Waals surface area contributed by atoms with Gasteiger partial charge in [0.25, 0.3) is 5.95 Å². The first-order chi connectivity index (χ1) is 8.10. The minimum absolute atomic E-state index is 0.0720. The SMILES string of the molecule is CCOc1nc(N)nc(-n2cc(Cl)c(C)n2)n1. The second-order valence-electron chi connectivity index (χ2n) is 3.22. The minimum Gasteiger partial charge on any atom is -0.464 e. The molecule has 0 radical (unpaired) electrons. The maximum absolute atomic E-state index is 5.90. The summed E-state index contributed by atoms with van der Waals surface area (Å²) >= 11 is 5.90. The summed E-state index contributed by atoms with van der Waals surface area (Å²) in [6, 6.07) is 0.166. The summed E-state index contributed by atoms with van der Waals surface area (Å²) in [4.78, 5) is 11.9. The molecule has 0 saturated heterocycles. The van der Waals surface area contributed by atoms with Crippen molar-refractivity contribution >= 4 is 17.5 Å². The first-order valence-corrected chi connectivity index (χ1v) is 5.34. The summed E-state index contributed by atoms with van der Waals surface area (Å²) in [5.74, 6) is 0.346. The van der Waals surface area contributed by atoms with Crippen molar-refractivity contribution in [2.45, 2.75) is 13.8 Å². The number of anilines is 1. The summed E-state index contributed by atoms with van der Waals surface area (Å²) in [7, 11) is 0. The first-order valence-electron chi connectivity index (χ1n) is 4.96. The third kappa shape index (κ3) is 2.44. The number of nitrogens with two attached hydrogens (primary N) is 1. The van der Waals surface area contributed by atoms with Gasteiger partial charge in [0, 0.05) is 0 Å². The molecule has 0 aliphatic rings. The fourth-order valence-electron chi connectivity index (χ4n) is 1.20. The van der Waals surface area contributed by atoms with Crippen LogP contribution in [-0.2, 0) is 0 Å². The molecule has 0 saturated carbocycles. The maximum atomic E-state index is 5.90. The van der Waals surface area contributed by atoms with Gasteiger partial charge in [-0.05, 0) is 13.8 Å². The normalized spacial score (nSPS) is 10.5. The van der Waals surface area contributed by atoms with Crippen molar-refractivity contribution in [1.29, 1.82) is 0 Å². The van der Waals surface area contributed by atoms with Crippen LogP contribution in [0.15, 0.2) is 6.20 Å². The number of hydrogen-bond donors (Lipinski definition) is 1. The summed E-state index contributed by atoms with van der Waals surface area (Å²) < 4.78 is 6.60. The number of nitrogens with zero attached hydrogens (tertiary/aromatic N) is 5. The number of rotatable bonds is 3. The molecule has 2 N–H and O–H groups in total. The van der Waals surface area contributed by atoms with Gasteiger partial charge in [-0.15, -0.1) is 0 Å². The van der Waals surface area contributed by atoms with Crippen molar-refractivity contribution in [1.82, 2.24) is 24.7 Å². The first kappa shape index (κ1) is 11.6. The van der Waals surface area contributed by atoms with Gasteiger partial charge in [0.1, 0.15) is 0 Å². The molecule has 2 aromatic heterocycles. The van der Waals surface area contributed by atoms with E-state index in [0.717, 1.165) is 0 Å². The van der Waals surface area contributed by atoms with Crippen molar-refractivity contribution in [3.05, 3.63) is 16.9 Å². The van der Waals surface area contributed by atoms with Crippen molar-refractivity contribution in [2.75, 3.05) is 12.3 Å². The zero-order chi connectivity index (χ0) is 12.4. The zero-order valence-electron chi connectivity index (χ0n) is 9.38. The van der Waals surface area contributed by atoms with E-state index in [2.05, 4.69) is 20.1 Å². The predicted octanol–water partition coefficient (Wildman–Crippen LogP) is 1.00. The number of ether oxygens (including phenoxy) is 1. The number of aromatic nitrogens is 5. The summed E-state index contributed by atoms with van der Waals surface area (Å²) in [6.07, 6.45) is 1.60. The van der Waals surface area contributed by atoms with Gasteiger partial charge < -0.3 is 10.5 Å². The van der Waals surface area contributed by atoms with Gasteiger partial charge in [0.15, 0.2) is 0 Å². The second-order valence-corrected chi connectivity index (χ2v) is 3.62. The Morgan fingerprint density at radius 1 is 1.41 bits per heavy atom. The third-order valence-electron chi connectivity index (χ3n) is 1.94. The fourth-order valence-corrected chi connectivity index (χ4v) is 1.33. The predicted molar refractivity (Wildman–Crippen MR) is 62.3 cm³/mol. The highest BCUT2D eigenvalue weighted by molar-refractivity contribution is 6.31. The molecule has 0 atom stereocenters. The quantitative estimate of drug-likeness (QED) is 0.879. The van der Waals surface area contributed by atoms with E-state index >= 15 is 0 Å². The third-order valence-corrected chi connectivity index (χ3v) is 2.31. The Hall–Kier alpha value is -1.89. The van der Waals surface area contributed by atoms with Gasteiger partial charge in [-0.25, -0.2) is 4.68 Å². The Morgan fingerprint density at radius 2 is 2.18 bits per heavy atom. The Morgan fingerprint density at radius 3 is 2.76 bits per heavy atom.